The van der Waals surface area contributed by atoms with Gasteiger partial charge in [0, 0.05) is 11.8 Å². The van der Waals surface area contributed by atoms with Gasteiger partial charge in [0.15, 0.2) is 9.84 Å². The van der Waals surface area contributed by atoms with Gasteiger partial charge < -0.3 is 0 Å². The first-order chi connectivity index (χ1) is 7.48. The van der Waals surface area contributed by atoms with Crippen molar-refractivity contribution in [3.05, 3.63) is 36.3 Å². The van der Waals surface area contributed by atoms with Gasteiger partial charge in [0.05, 0.1) is 11.9 Å². The maximum atomic E-state index is 13.0. The summed E-state index contributed by atoms with van der Waals surface area (Å²) in [6.45, 7) is 0. The number of benzene rings is 1. The van der Waals surface area contributed by atoms with Gasteiger partial charge in [0.25, 0.3) is 0 Å². The van der Waals surface area contributed by atoms with Gasteiger partial charge in [-0.3, -0.25) is 5.10 Å². The Balaban J connectivity index is 2.62. The summed E-state index contributed by atoms with van der Waals surface area (Å²) in [5.41, 5.74) is 0.764. The molecule has 0 bridgehead atoms. The molecule has 2 rings (SSSR count). The van der Waals surface area contributed by atoms with Gasteiger partial charge >= 0.3 is 0 Å². The Labute approximate surface area is 92.0 Å². The molecular formula is C10H9FN2O2S. The molecule has 0 aliphatic rings. The fourth-order valence-corrected chi connectivity index (χ4v) is 2.19. The fraction of sp³-hybridized carbons (Fsp3) is 0.100. The molecule has 1 heterocycles. The van der Waals surface area contributed by atoms with Gasteiger partial charge in [-0.25, -0.2) is 12.8 Å². The quantitative estimate of drug-likeness (QED) is 0.867. The van der Waals surface area contributed by atoms with Crippen LogP contribution in [0.4, 0.5) is 4.39 Å². The minimum Gasteiger partial charge on any atom is -0.276 e. The van der Waals surface area contributed by atoms with Gasteiger partial charge in [-0.1, -0.05) is 12.1 Å². The molecular weight excluding hydrogens is 231 g/mol. The van der Waals surface area contributed by atoms with E-state index in [-0.39, 0.29) is 4.90 Å². The molecule has 1 aromatic heterocycles. The molecule has 0 amide bonds. The zero-order chi connectivity index (χ0) is 11.8. The molecule has 0 fully saturated rings. The van der Waals surface area contributed by atoms with Crippen LogP contribution in [0.25, 0.3) is 11.3 Å². The van der Waals surface area contributed by atoms with E-state index < -0.39 is 15.7 Å². The Morgan fingerprint density at radius 3 is 2.75 bits per heavy atom. The highest BCUT2D eigenvalue weighted by molar-refractivity contribution is 7.90. The molecule has 4 nitrogen and oxygen atoms in total. The molecule has 0 aliphatic heterocycles. The summed E-state index contributed by atoms with van der Waals surface area (Å²) in [4.78, 5) is 0.0677. The number of nitrogens with zero attached hydrogens (tertiary/aromatic N) is 1. The van der Waals surface area contributed by atoms with Crippen molar-refractivity contribution in [1.82, 2.24) is 10.2 Å². The van der Waals surface area contributed by atoms with Crippen LogP contribution >= 0.6 is 0 Å². The second-order valence-corrected chi connectivity index (χ2v) is 5.38. The van der Waals surface area contributed by atoms with E-state index in [1.165, 1.54) is 24.4 Å². The number of hydrogen-bond donors (Lipinski definition) is 1. The Morgan fingerprint density at radius 1 is 1.38 bits per heavy atom. The Kier molecular flexibility index (Phi) is 2.51. The molecule has 0 saturated carbocycles. The molecule has 16 heavy (non-hydrogen) atoms. The highest BCUT2D eigenvalue weighted by Gasteiger charge is 2.16. The van der Waals surface area contributed by atoms with Gasteiger partial charge in [-0.15, -0.1) is 0 Å². The molecule has 0 atom stereocenters. The lowest BCUT2D eigenvalue weighted by Crippen LogP contribution is -1.97. The molecule has 6 heteroatoms. The first kappa shape index (κ1) is 10.8. The Bertz CT molecular complexity index is 619. The highest BCUT2D eigenvalue weighted by Crippen LogP contribution is 2.24. The van der Waals surface area contributed by atoms with Crippen LogP contribution in [0.1, 0.15) is 0 Å². The predicted octanol–water partition coefficient (Wildman–Crippen LogP) is 1.62. The second kappa shape index (κ2) is 3.71. The van der Waals surface area contributed by atoms with Gasteiger partial charge in [-0.05, 0) is 12.1 Å². The maximum Gasteiger partial charge on any atom is 0.179 e. The van der Waals surface area contributed by atoms with Crippen molar-refractivity contribution in [1.29, 1.82) is 0 Å². The molecule has 0 aliphatic carbocycles. The molecule has 0 saturated heterocycles. The summed E-state index contributed by atoms with van der Waals surface area (Å²) in [5.74, 6) is -0.424. The number of rotatable bonds is 2. The zero-order valence-corrected chi connectivity index (χ0v) is 9.25. The van der Waals surface area contributed by atoms with E-state index in [2.05, 4.69) is 10.2 Å². The van der Waals surface area contributed by atoms with E-state index in [0.717, 1.165) is 6.26 Å². The molecule has 0 spiro atoms. The maximum absolute atomic E-state index is 13.0. The van der Waals surface area contributed by atoms with E-state index in [4.69, 9.17) is 0 Å². The topological polar surface area (TPSA) is 62.8 Å². The van der Waals surface area contributed by atoms with Crippen LogP contribution in [-0.4, -0.2) is 24.9 Å². The third-order valence-corrected chi connectivity index (χ3v) is 3.23. The summed E-state index contributed by atoms with van der Waals surface area (Å²) in [6.07, 6.45) is 2.30. The van der Waals surface area contributed by atoms with Crippen LogP contribution in [0.2, 0.25) is 0 Å². The van der Waals surface area contributed by atoms with Gasteiger partial charge in [0.1, 0.15) is 10.7 Å². The van der Waals surface area contributed by atoms with Crippen molar-refractivity contribution in [3.63, 3.8) is 0 Å². The third-order valence-electron chi connectivity index (χ3n) is 2.12. The summed E-state index contributed by atoms with van der Waals surface area (Å²) in [5, 5.41) is 6.23. The largest absolute Gasteiger partial charge is 0.276 e. The standard InChI is InChI=1S/C10H9FN2O2S/c1-16(14,15)9-6-12-13-10(9)7-3-2-4-8(11)5-7/h2-6H,1H3,(H,12,13). The van der Waals surface area contributed by atoms with Crippen LogP contribution < -0.4 is 0 Å². The minimum atomic E-state index is -3.37. The molecule has 1 N–H and O–H groups in total. The fourth-order valence-electron chi connectivity index (χ4n) is 1.41. The van der Waals surface area contributed by atoms with Crippen LogP contribution in [0.15, 0.2) is 35.4 Å². The first-order valence-corrected chi connectivity index (χ1v) is 6.37. The van der Waals surface area contributed by atoms with E-state index >= 15 is 0 Å². The minimum absolute atomic E-state index is 0.0677. The lowest BCUT2D eigenvalue weighted by Gasteiger charge is -2.01. The van der Waals surface area contributed by atoms with E-state index in [1.54, 1.807) is 6.07 Å². The normalized spacial score (nSPS) is 11.6. The van der Waals surface area contributed by atoms with Gasteiger partial charge in [-0.2, -0.15) is 5.10 Å². The van der Waals surface area contributed by atoms with E-state index in [0.29, 0.717) is 11.3 Å². The Hall–Kier alpha value is -1.69. The van der Waals surface area contributed by atoms with Crippen molar-refractivity contribution in [2.24, 2.45) is 0 Å². The van der Waals surface area contributed by atoms with Gasteiger partial charge in [0.2, 0.25) is 0 Å². The van der Waals surface area contributed by atoms with Crippen molar-refractivity contribution in [2.75, 3.05) is 6.26 Å². The predicted molar refractivity (Wildman–Crippen MR) is 57.1 cm³/mol. The van der Waals surface area contributed by atoms with Crippen LogP contribution in [-0.2, 0) is 9.84 Å². The average molecular weight is 240 g/mol. The smallest absolute Gasteiger partial charge is 0.179 e. The number of hydrogen-bond acceptors (Lipinski definition) is 3. The molecule has 0 radical (unpaired) electrons. The van der Waals surface area contributed by atoms with E-state index in [1.807, 2.05) is 0 Å². The first-order valence-electron chi connectivity index (χ1n) is 4.48. The van der Waals surface area contributed by atoms with Crippen LogP contribution in [0.5, 0.6) is 0 Å². The number of halogens is 1. The molecule has 84 valence electrons. The third kappa shape index (κ3) is 1.96. The van der Waals surface area contributed by atoms with Crippen molar-refractivity contribution < 1.29 is 12.8 Å². The summed E-state index contributed by atoms with van der Waals surface area (Å²) < 4.78 is 35.8. The summed E-state index contributed by atoms with van der Waals surface area (Å²) in [7, 11) is -3.37. The monoisotopic (exact) mass is 240 g/mol. The number of aromatic nitrogens is 2. The van der Waals surface area contributed by atoms with Crippen molar-refractivity contribution in [2.45, 2.75) is 4.90 Å². The zero-order valence-electron chi connectivity index (χ0n) is 8.44. The molecule has 1 aromatic carbocycles. The van der Waals surface area contributed by atoms with Crippen LogP contribution in [0, 0.1) is 5.82 Å². The number of sulfone groups is 1. The number of aromatic amines is 1. The highest BCUT2D eigenvalue weighted by atomic mass is 32.2. The summed E-state index contributed by atoms with van der Waals surface area (Å²) >= 11 is 0. The second-order valence-electron chi connectivity index (χ2n) is 3.39. The Morgan fingerprint density at radius 2 is 2.12 bits per heavy atom. The van der Waals surface area contributed by atoms with Crippen molar-refractivity contribution in [3.8, 4) is 11.3 Å². The summed E-state index contributed by atoms with van der Waals surface area (Å²) in [6, 6.07) is 5.67. The van der Waals surface area contributed by atoms with E-state index in [9.17, 15) is 12.8 Å². The lowest BCUT2D eigenvalue weighted by molar-refractivity contribution is 0.602. The molecule has 2 aromatic rings. The van der Waals surface area contributed by atoms with Crippen molar-refractivity contribution >= 4 is 9.84 Å². The number of H-pyrrole nitrogens is 1. The van der Waals surface area contributed by atoms with Crippen LogP contribution in [0.3, 0.4) is 0 Å². The molecule has 0 unspecified atom stereocenters. The SMILES string of the molecule is CS(=O)(=O)c1cn[nH]c1-c1cccc(F)c1. The lowest BCUT2D eigenvalue weighted by atomic mass is 10.1. The average Bonchev–Trinajstić information content (AvgIpc) is 2.65. The number of nitrogens with one attached hydrogen (secondary N) is 1.